The third-order valence-corrected chi connectivity index (χ3v) is 4.48. The summed E-state index contributed by atoms with van der Waals surface area (Å²) < 4.78 is 0. The Hall–Kier alpha value is -1.26. The number of nitrogens with two attached hydrogens (primary N) is 1. The van der Waals surface area contributed by atoms with Crippen molar-refractivity contribution in [2.75, 3.05) is 5.73 Å². The Bertz CT molecular complexity index is 609. The van der Waals surface area contributed by atoms with Crippen LogP contribution in [0.1, 0.15) is 30.1 Å². The number of benzene rings is 1. The molecule has 2 aromatic rings. The van der Waals surface area contributed by atoms with Gasteiger partial charge in [0.05, 0.1) is 0 Å². The van der Waals surface area contributed by atoms with Gasteiger partial charge < -0.3 is 5.73 Å². The molecule has 1 aliphatic carbocycles. The fraction of sp³-hybridized carbons (Fsp3) is 0.286. The quantitative estimate of drug-likeness (QED) is 0.867. The largest absolute Gasteiger partial charge is 0.383 e. The van der Waals surface area contributed by atoms with E-state index in [0.717, 1.165) is 26.3 Å². The molecule has 19 heavy (non-hydrogen) atoms. The van der Waals surface area contributed by atoms with Crippen LogP contribution in [-0.2, 0) is 0 Å². The molecule has 0 unspecified atom stereocenters. The average molecular weight is 292 g/mol. The number of nitrogen functional groups attached to an aromatic ring is 1. The standard InChI is InChI=1S/C14H14ClN3S/c1-8-12(16)17-13(9-2-3-9)18-14(8)19-11-6-4-10(15)5-7-11/h4-7,9H,2-3H2,1H3,(H2,16,17,18). The predicted molar refractivity (Wildman–Crippen MR) is 78.7 cm³/mol. The van der Waals surface area contributed by atoms with Crippen LogP contribution in [0.3, 0.4) is 0 Å². The molecule has 1 aromatic heterocycles. The molecule has 1 heterocycles. The van der Waals surface area contributed by atoms with Gasteiger partial charge in [0, 0.05) is 21.4 Å². The molecule has 1 saturated carbocycles. The fourth-order valence-electron chi connectivity index (χ4n) is 1.77. The molecule has 98 valence electrons. The van der Waals surface area contributed by atoms with Crippen LogP contribution in [0.4, 0.5) is 5.82 Å². The number of hydrogen-bond donors (Lipinski definition) is 1. The molecule has 0 radical (unpaired) electrons. The first-order valence-electron chi connectivity index (χ1n) is 6.21. The molecule has 0 atom stereocenters. The van der Waals surface area contributed by atoms with Crippen LogP contribution in [-0.4, -0.2) is 9.97 Å². The Kier molecular flexibility index (Phi) is 3.37. The number of aromatic nitrogens is 2. The molecule has 0 spiro atoms. The van der Waals surface area contributed by atoms with Gasteiger partial charge >= 0.3 is 0 Å². The zero-order valence-corrected chi connectivity index (χ0v) is 12.1. The molecule has 1 aliphatic rings. The second kappa shape index (κ2) is 5.02. The van der Waals surface area contributed by atoms with Crippen molar-refractivity contribution in [1.82, 2.24) is 9.97 Å². The van der Waals surface area contributed by atoms with E-state index >= 15 is 0 Å². The van der Waals surface area contributed by atoms with Gasteiger partial charge in [0.15, 0.2) is 0 Å². The molecule has 0 amide bonds. The highest BCUT2D eigenvalue weighted by Crippen LogP contribution is 2.40. The van der Waals surface area contributed by atoms with Crippen molar-refractivity contribution in [3.05, 3.63) is 40.7 Å². The Morgan fingerprint density at radius 2 is 1.89 bits per heavy atom. The number of nitrogens with zero attached hydrogens (tertiary/aromatic N) is 2. The summed E-state index contributed by atoms with van der Waals surface area (Å²) in [5, 5.41) is 1.68. The lowest BCUT2D eigenvalue weighted by Crippen LogP contribution is -2.03. The zero-order valence-electron chi connectivity index (χ0n) is 10.6. The predicted octanol–water partition coefficient (Wildman–Crippen LogP) is 4.05. The lowest BCUT2D eigenvalue weighted by Gasteiger charge is -2.09. The molecule has 1 fully saturated rings. The Morgan fingerprint density at radius 1 is 1.21 bits per heavy atom. The summed E-state index contributed by atoms with van der Waals surface area (Å²) in [6.07, 6.45) is 2.35. The van der Waals surface area contributed by atoms with Gasteiger partial charge in [-0.1, -0.05) is 23.4 Å². The van der Waals surface area contributed by atoms with E-state index < -0.39 is 0 Å². The van der Waals surface area contributed by atoms with Crippen LogP contribution >= 0.6 is 23.4 Å². The van der Waals surface area contributed by atoms with E-state index in [0.29, 0.717) is 11.7 Å². The van der Waals surface area contributed by atoms with E-state index in [1.54, 1.807) is 11.8 Å². The minimum absolute atomic E-state index is 0.507. The van der Waals surface area contributed by atoms with Gasteiger partial charge in [-0.3, -0.25) is 0 Å². The maximum absolute atomic E-state index is 5.98. The molecule has 0 bridgehead atoms. The summed E-state index contributed by atoms with van der Waals surface area (Å²) in [6, 6.07) is 7.74. The molecule has 2 N–H and O–H groups in total. The first-order valence-corrected chi connectivity index (χ1v) is 7.40. The number of rotatable bonds is 3. The summed E-state index contributed by atoms with van der Waals surface area (Å²) in [4.78, 5) is 10.1. The van der Waals surface area contributed by atoms with Gasteiger partial charge in [-0.05, 0) is 44.0 Å². The van der Waals surface area contributed by atoms with E-state index in [2.05, 4.69) is 9.97 Å². The van der Waals surface area contributed by atoms with Crippen LogP contribution in [0.5, 0.6) is 0 Å². The molecule has 1 aromatic carbocycles. The number of halogens is 1. The molecule has 0 aliphatic heterocycles. The normalized spacial score (nSPS) is 14.6. The highest BCUT2D eigenvalue weighted by atomic mass is 35.5. The summed E-state index contributed by atoms with van der Waals surface area (Å²) in [5.41, 5.74) is 6.93. The van der Waals surface area contributed by atoms with Crippen molar-refractivity contribution in [3.63, 3.8) is 0 Å². The van der Waals surface area contributed by atoms with Crippen molar-refractivity contribution >= 4 is 29.2 Å². The third-order valence-electron chi connectivity index (χ3n) is 3.13. The monoisotopic (exact) mass is 291 g/mol. The van der Waals surface area contributed by atoms with Gasteiger partial charge in [0.2, 0.25) is 0 Å². The van der Waals surface area contributed by atoms with Crippen LogP contribution in [0.15, 0.2) is 34.2 Å². The SMILES string of the molecule is Cc1c(N)nc(C2CC2)nc1Sc1ccc(Cl)cc1. The summed E-state index contributed by atoms with van der Waals surface area (Å²) >= 11 is 7.50. The zero-order chi connectivity index (χ0) is 13.4. The number of anilines is 1. The summed E-state index contributed by atoms with van der Waals surface area (Å²) in [5.74, 6) is 1.99. The topological polar surface area (TPSA) is 51.8 Å². The van der Waals surface area contributed by atoms with E-state index in [4.69, 9.17) is 17.3 Å². The third kappa shape index (κ3) is 2.85. The Labute approximate surface area is 121 Å². The lowest BCUT2D eigenvalue weighted by atomic mass is 10.3. The molecular weight excluding hydrogens is 278 g/mol. The molecule has 5 heteroatoms. The van der Waals surface area contributed by atoms with Gasteiger partial charge in [-0.15, -0.1) is 0 Å². The number of hydrogen-bond acceptors (Lipinski definition) is 4. The van der Waals surface area contributed by atoms with Crippen molar-refractivity contribution in [2.24, 2.45) is 0 Å². The van der Waals surface area contributed by atoms with Crippen LogP contribution < -0.4 is 5.73 Å². The second-order valence-electron chi connectivity index (χ2n) is 4.73. The van der Waals surface area contributed by atoms with Gasteiger partial charge in [-0.2, -0.15) is 0 Å². The lowest BCUT2D eigenvalue weighted by molar-refractivity contribution is 0.868. The highest BCUT2D eigenvalue weighted by Gasteiger charge is 2.28. The Balaban J connectivity index is 1.92. The molecule has 0 saturated heterocycles. The Morgan fingerprint density at radius 3 is 2.53 bits per heavy atom. The fourth-order valence-corrected chi connectivity index (χ4v) is 2.79. The van der Waals surface area contributed by atoms with Crippen LogP contribution in [0.2, 0.25) is 5.02 Å². The van der Waals surface area contributed by atoms with Gasteiger partial charge in [0.25, 0.3) is 0 Å². The minimum Gasteiger partial charge on any atom is -0.383 e. The van der Waals surface area contributed by atoms with Crippen molar-refractivity contribution in [1.29, 1.82) is 0 Å². The van der Waals surface area contributed by atoms with Crippen molar-refractivity contribution in [2.45, 2.75) is 35.6 Å². The van der Waals surface area contributed by atoms with Gasteiger partial charge in [0.1, 0.15) is 16.7 Å². The summed E-state index contributed by atoms with van der Waals surface area (Å²) in [6.45, 7) is 1.96. The van der Waals surface area contributed by atoms with E-state index in [9.17, 15) is 0 Å². The molecule has 3 nitrogen and oxygen atoms in total. The van der Waals surface area contributed by atoms with Crippen molar-refractivity contribution in [3.8, 4) is 0 Å². The van der Waals surface area contributed by atoms with Crippen LogP contribution in [0.25, 0.3) is 0 Å². The van der Waals surface area contributed by atoms with E-state index in [1.807, 2.05) is 31.2 Å². The van der Waals surface area contributed by atoms with E-state index in [-0.39, 0.29) is 0 Å². The smallest absolute Gasteiger partial charge is 0.135 e. The second-order valence-corrected chi connectivity index (χ2v) is 6.23. The first kappa shape index (κ1) is 12.8. The van der Waals surface area contributed by atoms with Gasteiger partial charge in [-0.25, -0.2) is 9.97 Å². The van der Waals surface area contributed by atoms with Crippen LogP contribution in [0, 0.1) is 6.92 Å². The molecule has 3 rings (SSSR count). The first-order chi connectivity index (χ1) is 9.13. The minimum atomic E-state index is 0.507. The maximum Gasteiger partial charge on any atom is 0.135 e. The summed E-state index contributed by atoms with van der Waals surface area (Å²) in [7, 11) is 0. The van der Waals surface area contributed by atoms with E-state index in [1.165, 1.54) is 12.8 Å². The average Bonchev–Trinajstić information content (AvgIpc) is 3.21. The molecular formula is C14H14ClN3S. The highest BCUT2D eigenvalue weighted by molar-refractivity contribution is 7.99. The maximum atomic E-state index is 5.98. The van der Waals surface area contributed by atoms with Crippen molar-refractivity contribution < 1.29 is 0 Å².